The van der Waals surface area contributed by atoms with Crippen LogP contribution in [0, 0.1) is 20.8 Å². The van der Waals surface area contributed by atoms with Gasteiger partial charge in [-0.15, -0.1) is 5.10 Å². The van der Waals surface area contributed by atoms with Crippen LogP contribution in [0.5, 0.6) is 5.75 Å². The molecule has 0 atom stereocenters. The molecule has 0 unspecified atom stereocenters. The van der Waals surface area contributed by atoms with Gasteiger partial charge in [-0.3, -0.25) is 4.79 Å². The normalized spacial score (nSPS) is 11.8. The van der Waals surface area contributed by atoms with Crippen LogP contribution in [-0.2, 0) is 17.4 Å². The minimum Gasteiger partial charge on any atom is -0.506 e. The van der Waals surface area contributed by atoms with Gasteiger partial charge in [-0.2, -0.15) is 18.2 Å². The Kier molecular flexibility index (Phi) is 4.97. The maximum absolute atomic E-state index is 12.8. The van der Waals surface area contributed by atoms with Gasteiger partial charge in [-0.05, 0) is 50.5 Å². The first-order valence-corrected chi connectivity index (χ1v) is 8.46. The molecule has 10 heteroatoms. The molecule has 2 heterocycles. The lowest BCUT2D eigenvalue weighted by Crippen LogP contribution is -2.14. The number of fused-ring (bicyclic) bond motifs is 1. The van der Waals surface area contributed by atoms with Gasteiger partial charge in [0, 0.05) is 17.8 Å². The number of carbonyl (C=O) groups excluding carboxylic acids is 1. The Bertz CT molecular complexity index is 1060. The maximum Gasteiger partial charge on any atom is 0.453 e. The second-order valence-corrected chi connectivity index (χ2v) is 6.47. The summed E-state index contributed by atoms with van der Waals surface area (Å²) in [7, 11) is 0. The molecule has 2 N–H and O–H groups in total. The average molecular weight is 393 g/mol. The minimum absolute atomic E-state index is 0.0360. The van der Waals surface area contributed by atoms with Gasteiger partial charge < -0.3 is 10.4 Å². The van der Waals surface area contributed by atoms with Crippen molar-refractivity contribution in [2.24, 2.45) is 0 Å². The van der Waals surface area contributed by atoms with E-state index in [0.717, 1.165) is 10.1 Å². The zero-order valence-corrected chi connectivity index (χ0v) is 15.4. The molecule has 0 aliphatic heterocycles. The number of hydrogen-bond donors (Lipinski definition) is 2. The number of aryl methyl sites for hydroxylation is 3. The molecular formula is C18H18F3N5O2. The quantitative estimate of drug-likeness (QED) is 0.664. The summed E-state index contributed by atoms with van der Waals surface area (Å²) in [6, 6.07) is 4.88. The summed E-state index contributed by atoms with van der Waals surface area (Å²) in [6.45, 7) is 5.07. The Balaban J connectivity index is 1.79. The van der Waals surface area contributed by atoms with Gasteiger partial charge in [-0.1, -0.05) is 6.07 Å². The average Bonchev–Trinajstić information content (AvgIpc) is 3.01. The smallest absolute Gasteiger partial charge is 0.453 e. The van der Waals surface area contributed by atoms with Crippen molar-refractivity contribution in [3.8, 4) is 5.75 Å². The first kappa shape index (κ1) is 19.6. The molecule has 0 spiro atoms. The predicted molar refractivity (Wildman–Crippen MR) is 95.1 cm³/mol. The third-order valence-corrected chi connectivity index (χ3v) is 4.33. The summed E-state index contributed by atoms with van der Waals surface area (Å²) in [5.41, 5.74) is 2.69. The molecule has 0 radical (unpaired) electrons. The molecular weight excluding hydrogens is 375 g/mol. The summed E-state index contributed by atoms with van der Waals surface area (Å²) in [4.78, 5) is 19.7. The summed E-state index contributed by atoms with van der Waals surface area (Å²) >= 11 is 0. The van der Waals surface area contributed by atoms with Gasteiger partial charge in [0.2, 0.25) is 5.91 Å². The number of benzene rings is 1. The van der Waals surface area contributed by atoms with Crippen LogP contribution in [0.1, 0.15) is 34.8 Å². The Morgan fingerprint density at radius 2 is 1.93 bits per heavy atom. The number of halogens is 3. The van der Waals surface area contributed by atoms with E-state index in [-0.39, 0.29) is 30.3 Å². The minimum atomic E-state index is -4.66. The maximum atomic E-state index is 12.8. The highest BCUT2D eigenvalue weighted by atomic mass is 19.4. The largest absolute Gasteiger partial charge is 0.506 e. The van der Waals surface area contributed by atoms with E-state index >= 15 is 0 Å². The Hall–Kier alpha value is -3.17. The van der Waals surface area contributed by atoms with Gasteiger partial charge in [0.15, 0.2) is 0 Å². The van der Waals surface area contributed by atoms with E-state index in [4.69, 9.17) is 0 Å². The molecule has 1 aromatic carbocycles. The molecule has 2 aromatic heterocycles. The third kappa shape index (κ3) is 3.90. The van der Waals surface area contributed by atoms with Gasteiger partial charge in [0.05, 0.1) is 5.69 Å². The Morgan fingerprint density at radius 1 is 1.21 bits per heavy atom. The van der Waals surface area contributed by atoms with Crippen molar-refractivity contribution in [2.45, 2.75) is 39.8 Å². The molecule has 1 amide bonds. The van der Waals surface area contributed by atoms with Crippen molar-refractivity contribution in [1.82, 2.24) is 19.6 Å². The Labute approximate surface area is 158 Å². The monoisotopic (exact) mass is 393 g/mol. The number of phenols is 1. The number of carbonyl (C=O) groups is 1. The SMILES string of the molecule is Cc1ccc(NC(=O)CCc2c(C)nc3nc(C(F)(F)F)nn3c2C)c(O)c1. The molecule has 3 rings (SSSR count). The van der Waals surface area contributed by atoms with Crippen molar-refractivity contribution in [3.63, 3.8) is 0 Å². The topological polar surface area (TPSA) is 92.4 Å². The number of phenolic OH excluding ortho intramolecular Hbond substituents is 1. The number of rotatable bonds is 4. The van der Waals surface area contributed by atoms with Crippen LogP contribution in [0.15, 0.2) is 18.2 Å². The Morgan fingerprint density at radius 3 is 2.57 bits per heavy atom. The summed E-state index contributed by atoms with van der Waals surface area (Å²) < 4.78 is 39.6. The van der Waals surface area contributed by atoms with Crippen LogP contribution < -0.4 is 5.32 Å². The number of hydrogen-bond acceptors (Lipinski definition) is 5. The van der Waals surface area contributed by atoms with Gasteiger partial charge in [0.1, 0.15) is 5.75 Å². The third-order valence-electron chi connectivity index (χ3n) is 4.33. The summed E-state index contributed by atoms with van der Waals surface area (Å²) in [6.07, 6.45) is -4.35. The fraction of sp³-hybridized carbons (Fsp3) is 0.333. The number of amides is 1. The van der Waals surface area contributed by atoms with E-state index in [1.165, 1.54) is 6.07 Å². The zero-order chi connectivity index (χ0) is 20.6. The van der Waals surface area contributed by atoms with Crippen LogP contribution >= 0.6 is 0 Å². The second-order valence-electron chi connectivity index (χ2n) is 6.47. The van der Waals surface area contributed by atoms with Crippen molar-refractivity contribution in [2.75, 3.05) is 5.32 Å². The van der Waals surface area contributed by atoms with E-state index in [1.807, 2.05) is 6.92 Å². The summed E-state index contributed by atoms with van der Waals surface area (Å²) in [5.74, 6) is -1.77. The number of aromatic hydroxyl groups is 1. The number of nitrogens with zero attached hydrogens (tertiary/aromatic N) is 4. The number of alkyl halides is 3. The van der Waals surface area contributed by atoms with Crippen LogP contribution in [-0.4, -0.2) is 30.6 Å². The molecule has 148 valence electrons. The van der Waals surface area contributed by atoms with Gasteiger partial charge >= 0.3 is 6.18 Å². The first-order valence-electron chi connectivity index (χ1n) is 8.46. The molecule has 3 aromatic rings. The summed E-state index contributed by atoms with van der Waals surface area (Å²) in [5, 5.41) is 16.0. The lowest BCUT2D eigenvalue weighted by molar-refractivity contribution is -0.144. The van der Waals surface area contributed by atoms with E-state index < -0.39 is 12.0 Å². The highest BCUT2D eigenvalue weighted by Gasteiger charge is 2.36. The zero-order valence-electron chi connectivity index (χ0n) is 15.4. The van der Waals surface area contributed by atoms with Crippen LogP contribution in [0.2, 0.25) is 0 Å². The lowest BCUT2D eigenvalue weighted by atomic mass is 10.1. The first-order chi connectivity index (χ1) is 13.1. The van der Waals surface area contributed by atoms with Crippen molar-refractivity contribution in [1.29, 1.82) is 0 Å². The fourth-order valence-corrected chi connectivity index (χ4v) is 2.89. The molecule has 0 saturated carbocycles. The van der Waals surface area contributed by atoms with E-state index in [9.17, 15) is 23.1 Å². The molecule has 0 aliphatic carbocycles. The van der Waals surface area contributed by atoms with Gasteiger partial charge in [-0.25, -0.2) is 9.50 Å². The lowest BCUT2D eigenvalue weighted by Gasteiger charge is -2.11. The second kappa shape index (κ2) is 7.10. The van der Waals surface area contributed by atoms with E-state index in [1.54, 1.807) is 26.0 Å². The predicted octanol–water partition coefficient (Wildman–Crippen LogP) is 3.35. The number of anilines is 1. The standard InChI is InChI=1S/C18H18F3N5O2/c1-9-4-6-13(14(27)8-9)23-15(28)7-5-12-10(2)22-17-24-16(18(19,20)21)25-26(17)11(12)3/h4,6,8,27H,5,7H2,1-3H3,(H,23,28). The fourth-order valence-electron chi connectivity index (χ4n) is 2.89. The van der Waals surface area contributed by atoms with Crippen LogP contribution in [0.25, 0.3) is 5.78 Å². The highest BCUT2D eigenvalue weighted by Crippen LogP contribution is 2.27. The molecule has 0 bridgehead atoms. The molecule has 7 nitrogen and oxygen atoms in total. The molecule has 28 heavy (non-hydrogen) atoms. The van der Waals surface area contributed by atoms with Crippen LogP contribution in [0.4, 0.5) is 18.9 Å². The number of nitrogens with one attached hydrogen (secondary N) is 1. The molecule has 0 aliphatic rings. The van der Waals surface area contributed by atoms with Crippen LogP contribution in [0.3, 0.4) is 0 Å². The van der Waals surface area contributed by atoms with Crippen molar-refractivity contribution < 1.29 is 23.1 Å². The highest BCUT2D eigenvalue weighted by molar-refractivity contribution is 5.92. The molecule has 0 saturated heterocycles. The van der Waals surface area contributed by atoms with E-state index in [2.05, 4.69) is 20.4 Å². The number of aromatic nitrogens is 4. The van der Waals surface area contributed by atoms with Gasteiger partial charge in [0.25, 0.3) is 11.6 Å². The molecule has 0 fully saturated rings. The van der Waals surface area contributed by atoms with Crippen molar-refractivity contribution >= 4 is 17.4 Å². The van der Waals surface area contributed by atoms with E-state index in [0.29, 0.717) is 22.6 Å². The van der Waals surface area contributed by atoms with Crippen molar-refractivity contribution in [3.05, 3.63) is 46.5 Å².